The normalized spacial score (nSPS) is 15.6. The number of thioether (sulfide) groups is 1. The zero-order valence-corrected chi connectivity index (χ0v) is 6.32. The van der Waals surface area contributed by atoms with Gasteiger partial charge < -0.3 is 5.32 Å². The zero-order valence-electron chi connectivity index (χ0n) is 5.50. The minimum absolute atomic E-state index is 1.01. The van der Waals surface area contributed by atoms with Crippen LogP contribution in [-0.2, 0) is 5.75 Å². The SMILES string of the molecule is c1cnc2c(c1)NCSC2. The number of anilines is 1. The third-order valence-corrected chi connectivity index (χ3v) is 2.32. The van der Waals surface area contributed by atoms with Crippen molar-refractivity contribution in [3.63, 3.8) is 0 Å². The summed E-state index contributed by atoms with van der Waals surface area (Å²) in [5.41, 5.74) is 2.38. The van der Waals surface area contributed by atoms with Gasteiger partial charge in [0.05, 0.1) is 17.3 Å². The van der Waals surface area contributed by atoms with Crippen molar-refractivity contribution in [3.05, 3.63) is 24.0 Å². The number of nitrogens with one attached hydrogen (secondary N) is 1. The highest BCUT2D eigenvalue weighted by molar-refractivity contribution is 7.98. The molecule has 1 aromatic heterocycles. The summed E-state index contributed by atoms with van der Waals surface area (Å²) in [6.07, 6.45) is 1.84. The highest BCUT2D eigenvalue weighted by Gasteiger charge is 2.06. The summed E-state index contributed by atoms with van der Waals surface area (Å²) in [7, 11) is 0. The second-order valence-corrected chi connectivity index (χ2v) is 3.15. The molecule has 10 heavy (non-hydrogen) atoms. The van der Waals surface area contributed by atoms with E-state index in [1.54, 1.807) is 0 Å². The molecule has 1 aliphatic heterocycles. The molecule has 0 saturated heterocycles. The number of hydrogen-bond donors (Lipinski definition) is 1. The number of rotatable bonds is 0. The summed E-state index contributed by atoms with van der Waals surface area (Å²) >= 11 is 1.86. The first-order chi connectivity index (χ1) is 4.97. The lowest BCUT2D eigenvalue weighted by atomic mass is 10.3. The molecule has 1 N–H and O–H groups in total. The van der Waals surface area contributed by atoms with Crippen LogP contribution in [0.15, 0.2) is 18.3 Å². The summed E-state index contributed by atoms with van der Waals surface area (Å²) in [5, 5.41) is 3.26. The molecule has 0 amide bonds. The minimum Gasteiger partial charge on any atom is -0.375 e. The fraction of sp³-hybridized carbons (Fsp3) is 0.286. The maximum absolute atomic E-state index is 4.24. The van der Waals surface area contributed by atoms with Crippen LogP contribution in [-0.4, -0.2) is 10.9 Å². The van der Waals surface area contributed by atoms with Crippen LogP contribution in [0.3, 0.4) is 0 Å². The van der Waals surface area contributed by atoms with Crippen LogP contribution in [0.25, 0.3) is 0 Å². The van der Waals surface area contributed by atoms with Gasteiger partial charge in [-0.05, 0) is 12.1 Å². The van der Waals surface area contributed by atoms with Gasteiger partial charge in [-0.25, -0.2) is 0 Å². The van der Waals surface area contributed by atoms with E-state index in [-0.39, 0.29) is 0 Å². The lowest BCUT2D eigenvalue weighted by Gasteiger charge is -2.15. The van der Waals surface area contributed by atoms with Crippen molar-refractivity contribution in [2.24, 2.45) is 0 Å². The predicted molar refractivity (Wildman–Crippen MR) is 44.0 cm³/mol. The first kappa shape index (κ1) is 6.04. The number of pyridine rings is 1. The first-order valence-corrected chi connectivity index (χ1v) is 4.38. The molecule has 0 radical (unpaired) electrons. The molecule has 2 nitrogen and oxygen atoms in total. The van der Waals surface area contributed by atoms with E-state index in [1.807, 2.05) is 24.0 Å². The van der Waals surface area contributed by atoms with Gasteiger partial charge in [-0.2, -0.15) is 0 Å². The topological polar surface area (TPSA) is 24.9 Å². The van der Waals surface area contributed by atoms with E-state index in [9.17, 15) is 0 Å². The van der Waals surface area contributed by atoms with Crippen LogP contribution < -0.4 is 5.32 Å². The third kappa shape index (κ3) is 0.968. The molecule has 1 aliphatic rings. The zero-order chi connectivity index (χ0) is 6.81. The minimum atomic E-state index is 1.01. The quantitative estimate of drug-likeness (QED) is 0.612. The van der Waals surface area contributed by atoms with E-state index in [0.717, 1.165) is 11.6 Å². The largest absolute Gasteiger partial charge is 0.375 e. The highest BCUT2D eigenvalue weighted by Crippen LogP contribution is 2.23. The molecule has 0 aromatic carbocycles. The summed E-state index contributed by atoms with van der Waals surface area (Å²) in [5.74, 6) is 2.06. The van der Waals surface area contributed by atoms with E-state index in [2.05, 4.69) is 16.4 Å². The van der Waals surface area contributed by atoms with E-state index in [4.69, 9.17) is 0 Å². The molecule has 1 aromatic rings. The van der Waals surface area contributed by atoms with Crippen molar-refractivity contribution in [3.8, 4) is 0 Å². The van der Waals surface area contributed by atoms with Crippen molar-refractivity contribution in [1.29, 1.82) is 0 Å². The predicted octanol–water partition coefficient (Wildman–Crippen LogP) is 1.70. The van der Waals surface area contributed by atoms with Crippen molar-refractivity contribution >= 4 is 17.4 Å². The van der Waals surface area contributed by atoms with E-state index in [0.29, 0.717) is 0 Å². The van der Waals surface area contributed by atoms with Gasteiger partial charge in [-0.1, -0.05) is 0 Å². The molecule has 0 saturated carbocycles. The Hall–Kier alpha value is -0.700. The van der Waals surface area contributed by atoms with Crippen molar-refractivity contribution in [1.82, 2.24) is 4.98 Å². The van der Waals surface area contributed by atoms with E-state index in [1.165, 1.54) is 11.4 Å². The lowest BCUT2D eigenvalue weighted by molar-refractivity contribution is 1.15. The molecule has 52 valence electrons. The average Bonchev–Trinajstić information content (AvgIpc) is 2.05. The number of hydrogen-bond acceptors (Lipinski definition) is 3. The maximum atomic E-state index is 4.24. The molecule has 0 bridgehead atoms. The molecular formula is C7H8N2S. The number of aromatic nitrogens is 1. The van der Waals surface area contributed by atoms with Gasteiger partial charge in [-0.3, -0.25) is 4.98 Å². The van der Waals surface area contributed by atoms with Crippen LogP contribution in [0.4, 0.5) is 5.69 Å². The Balaban J connectivity index is 2.41. The number of nitrogens with zero attached hydrogens (tertiary/aromatic N) is 1. The molecular weight excluding hydrogens is 144 g/mol. The Morgan fingerprint density at radius 3 is 3.50 bits per heavy atom. The summed E-state index contributed by atoms with van der Waals surface area (Å²) in [6, 6.07) is 4.03. The van der Waals surface area contributed by atoms with Crippen molar-refractivity contribution < 1.29 is 0 Å². The monoisotopic (exact) mass is 152 g/mol. The van der Waals surface area contributed by atoms with Gasteiger partial charge in [0.25, 0.3) is 0 Å². The van der Waals surface area contributed by atoms with Crippen LogP contribution >= 0.6 is 11.8 Å². The first-order valence-electron chi connectivity index (χ1n) is 3.22. The maximum Gasteiger partial charge on any atom is 0.0734 e. The van der Waals surface area contributed by atoms with Gasteiger partial charge in [0.15, 0.2) is 0 Å². The molecule has 3 heteroatoms. The fourth-order valence-electron chi connectivity index (χ4n) is 0.990. The fourth-order valence-corrected chi connectivity index (χ4v) is 1.77. The van der Waals surface area contributed by atoms with Crippen LogP contribution in [0, 0.1) is 0 Å². The van der Waals surface area contributed by atoms with Crippen molar-refractivity contribution in [2.45, 2.75) is 5.75 Å². The van der Waals surface area contributed by atoms with E-state index < -0.39 is 0 Å². The molecule has 2 heterocycles. The Bertz CT molecular complexity index is 212. The summed E-state index contributed by atoms with van der Waals surface area (Å²) in [6.45, 7) is 0. The Morgan fingerprint density at radius 2 is 2.60 bits per heavy atom. The van der Waals surface area contributed by atoms with Gasteiger partial charge in [0.1, 0.15) is 0 Å². The smallest absolute Gasteiger partial charge is 0.0734 e. The van der Waals surface area contributed by atoms with Gasteiger partial charge in [0.2, 0.25) is 0 Å². The average molecular weight is 152 g/mol. The van der Waals surface area contributed by atoms with Gasteiger partial charge >= 0.3 is 0 Å². The standard InChI is InChI=1S/C7H8N2S/c1-2-6-7(8-3-1)4-10-5-9-6/h1-3,9H,4-5H2. The second kappa shape index (κ2) is 2.50. The second-order valence-electron chi connectivity index (χ2n) is 2.17. The van der Waals surface area contributed by atoms with Crippen LogP contribution in [0.2, 0.25) is 0 Å². The van der Waals surface area contributed by atoms with Gasteiger partial charge in [0, 0.05) is 11.9 Å². The molecule has 0 unspecified atom stereocenters. The highest BCUT2D eigenvalue weighted by atomic mass is 32.2. The van der Waals surface area contributed by atoms with Crippen molar-refractivity contribution in [2.75, 3.05) is 11.2 Å². The molecule has 2 rings (SSSR count). The lowest BCUT2D eigenvalue weighted by Crippen LogP contribution is -2.07. The molecule has 0 fully saturated rings. The summed E-state index contributed by atoms with van der Waals surface area (Å²) in [4.78, 5) is 4.24. The Labute approximate surface area is 64.0 Å². The molecule has 0 aliphatic carbocycles. The Kier molecular flexibility index (Phi) is 1.51. The van der Waals surface area contributed by atoms with Crippen LogP contribution in [0.5, 0.6) is 0 Å². The van der Waals surface area contributed by atoms with E-state index >= 15 is 0 Å². The molecule has 0 atom stereocenters. The van der Waals surface area contributed by atoms with Gasteiger partial charge in [-0.15, -0.1) is 11.8 Å². The van der Waals surface area contributed by atoms with Crippen LogP contribution in [0.1, 0.15) is 5.69 Å². The Morgan fingerprint density at radius 1 is 1.60 bits per heavy atom. The number of fused-ring (bicyclic) bond motifs is 1. The molecule has 0 spiro atoms. The summed E-state index contributed by atoms with van der Waals surface area (Å²) < 4.78 is 0. The third-order valence-electron chi connectivity index (χ3n) is 1.49.